The van der Waals surface area contributed by atoms with Crippen molar-refractivity contribution in [2.75, 3.05) is 12.4 Å². The average Bonchev–Trinajstić information content (AvgIpc) is 3.33. The lowest BCUT2D eigenvalue weighted by atomic mass is 10.0. The van der Waals surface area contributed by atoms with Crippen molar-refractivity contribution in [2.45, 2.75) is 44.3 Å². The number of aliphatic hydroxyl groups is 2. The van der Waals surface area contributed by atoms with Gasteiger partial charge in [0.2, 0.25) is 5.82 Å². The van der Waals surface area contributed by atoms with E-state index in [1.54, 1.807) is 7.05 Å². The third kappa shape index (κ3) is 4.01. The van der Waals surface area contributed by atoms with E-state index in [-0.39, 0.29) is 18.0 Å². The number of aromatic nitrogens is 4. The van der Waals surface area contributed by atoms with Crippen LogP contribution in [0.15, 0.2) is 36.7 Å². The molecule has 1 aromatic carbocycles. The number of carbonyl (C=O) groups is 1. The SMILES string of the molecule is CCCC(=O)[C@H]1O[C@@H](n2cnc3c(NC)nc(C#Cc4ccccc4)nc32)C(O)[C@H]1O. The number of nitrogens with zero attached hydrogens (tertiary/aromatic N) is 4. The summed E-state index contributed by atoms with van der Waals surface area (Å²) in [6.07, 6.45) is -2.42. The predicted octanol–water partition coefficient (Wildman–Crippen LogP) is 1.26. The zero-order valence-electron chi connectivity index (χ0n) is 17.2. The van der Waals surface area contributed by atoms with E-state index < -0.39 is 24.5 Å². The van der Waals surface area contributed by atoms with Crippen LogP contribution >= 0.6 is 0 Å². The maximum absolute atomic E-state index is 12.3. The minimum atomic E-state index is -1.33. The van der Waals surface area contributed by atoms with Gasteiger partial charge in [0.05, 0.1) is 6.33 Å². The Bertz CT molecular complexity index is 1150. The second-order valence-corrected chi connectivity index (χ2v) is 7.23. The summed E-state index contributed by atoms with van der Waals surface area (Å²) in [7, 11) is 1.71. The number of hydrogen-bond acceptors (Lipinski definition) is 8. The number of ether oxygens (including phenoxy) is 1. The van der Waals surface area contributed by atoms with E-state index in [2.05, 4.69) is 32.1 Å². The lowest BCUT2D eigenvalue weighted by Crippen LogP contribution is -2.35. The Hall–Kier alpha value is -3.32. The highest BCUT2D eigenvalue weighted by Gasteiger charge is 2.47. The lowest BCUT2D eigenvalue weighted by Gasteiger charge is -2.16. The van der Waals surface area contributed by atoms with Crippen LogP contribution in [-0.2, 0) is 9.53 Å². The molecule has 9 heteroatoms. The smallest absolute Gasteiger partial charge is 0.209 e. The van der Waals surface area contributed by atoms with Crippen molar-refractivity contribution < 1.29 is 19.7 Å². The maximum Gasteiger partial charge on any atom is 0.209 e. The molecule has 1 aliphatic rings. The van der Waals surface area contributed by atoms with Crippen LogP contribution < -0.4 is 5.32 Å². The van der Waals surface area contributed by atoms with Gasteiger partial charge in [-0.2, -0.15) is 0 Å². The Labute approximate surface area is 179 Å². The number of hydrogen-bond donors (Lipinski definition) is 3. The van der Waals surface area contributed by atoms with Crippen molar-refractivity contribution in [1.29, 1.82) is 0 Å². The fraction of sp³-hybridized carbons (Fsp3) is 0.364. The van der Waals surface area contributed by atoms with Gasteiger partial charge in [-0.05, 0) is 24.5 Å². The number of nitrogens with one attached hydrogen (secondary N) is 1. The van der Waals surface area contributed by atoms with Gasteiger partial charge in [-0.1, -0.05) is 31.0 Å². The van der Waals surface area contributed by atoms with Crippen LogP contribution in [0.25, 0.3) is 11.2 Å². The molecular formula is C22H23N5O4. The van der Waals surface area contributed by atoms with E-state index in [1.807, 2.05) is 37.3 Å². The van der Waals surface area contributed by atoms with Gasteiger partial charge in [-0.15, -0.1) is 0 Å². The number of imidazole rings is 1. The number of carbonyl (C=O) groups excluding carboxylic acids is 1. The molecule has 1 saturated heterocycles. The molecule has 3 N–H and O–H groups in total. The quantitative estimate of drug-likeness (QED) is 0.526. The van der Waals surface area contributed by atoms with Crippen LogP contribution in [0.5, 0.6) is 0 Å². The van der Waals surface area contributed by atoms with Gasteiger partial charge in [-0.25, -0.2) is 15.0 Å². The minimum Gasteiger partial charge on any atom is -0.387 e. The van der Waals surface area contributed by atoms with Gasteiger partial charge in [-0.3, -0.25) is 9.36 Å². The summed E-state index contributed by atoms with van der Waals surface area (Å²) < 4.78 is 7.25. The van der Waals surface area contributed by atoms with E-state index >= 15 is 0 Å². The molecule has 0 amide bonds. The largest absolute Gasteiger partial charge is 0.387 e. The van der Waals surface area contributed by atoms with Crippen LogP contribution in [0, 0.1) is 11.8 Å². The summed E-state index contributed by atoms with van der Waals surface area (Å²) in [5.41, 5.74) is 1.65. The molecule has 3 heterocycles. The summed E-state index contributed by atoms with van der Waals surface area (Å²) in [5.74, 6) is 6.43. The number of Topliss-reactive ketones (excluding diaryl/α,β-unsaturated/α-hetero) is 1. The Kier molecular flexibility index (Phi) is 5.95. The monoisotopic (exact) mass is 421 g/mol. The normalized spacial score (nSPS) is 22.8. The third-order valence-electron chi connectivity index (χ3n) is 5.08. The zero-order chi connectivity index (χ0) is 22.0. The molecule has 4 atom stereocenters. The molecule has 4 rings (SSSR count). The van der Waals surface area contributed by atoms with Gasteiger partial charge in [0.1, 0.15) is 18.3 Å². The topological polar surface area (TPSA) is 122 Å². The predicted molar refractivity (Wildman–Crippen MR) is 113 cm³/mol. The lowest BCUT2D eigenvalue weighted by molar-refractivity contribution is -0.135. The molecule has 0 spiro atoms. The van der Waals surface area contributed by atoms with Crippen LogP contribution in [0.3, 0.4) is 0 Å². The van der Waals surface area contributed by atoms with Crippen molar-refractivity contribution in [3.8, 4) is 11.8 Å². The molecule has 3 aromatic rings. The highest BCUT2D eigenvalue weighted by molar-refractivity contribution is 5.85. The standard InChI is InChI=1S/C22H23N5O4/c1-3-7-14(28)19-17(29)18(30)22(31-19)27-12-24-16-20(23-2)25-15(26-21(16)27)11-10-13-8-5-4-6-9-13/h4-6,8-9,12,17-19,22,29-30H,3,7H2,1-2H3,(H,23,25,26)/t17-,18?,19-,22-/m1/s1. The first-order valence-corrected chi connectivity index (χ1v) is 10.1. The van der Waals surface area contributed by atoms with E-state index in [0.717, 1.165) is 5.56 Å². The second kappa shape index (κ2) is 8.81. The molecular weight excluding hydrogens is 398 g/mol. The summed E-state index contributed by atoms with van der Waals surface area (Å²) in [6, 6.07) is 9.45. The highest BCUT2D eigenvalue weighted by Crippen LogP contribution is 2.33. The van der Waals surface area contributed by atoms with Crippen molar-refractivity contribution in [2.24, 2.45) is 0 Å². The highest BCUT2D eigenvalue weighted by atomic mass is 16.6. The first-order chi connectivity index (χ1) is 15.0. The Balaban J connectivity index is 1.72. The zero-order valence-corrected chi connectivity index (χ0v) is 17.2. The van der Waals surface area contributed by atoms with Gasteiger partial charge in [0.15, 0.2) is 29.0 Å². The van der Waals surface area contributed by atoms with E-state index in [9.17, 15) is 15.0 Å². The summed E-state index contributed by atoms with van der Waals surface area (Å²) >= 11 is 0. The fourth-order valence-corrected chi connectivity index (χ4v) is 3.53. The Morgan fingerprint density at radius 2 is 1.97 bits per heavy atom. The van der Waals surface area contributed by atoms with Gasteiger partial charge in [0, 0.05) is 19.0 Å². The first-order valence-electron chi connectivity index (χ1n) is 10.1. The minimum absolute atomic E-state index is 0.249. The molecule has 1 unspecified atom stereocenters. The fourth-order valence-electron chi connectivity index (χ4n) is 3.53. The molecule has 31 heavy (non-hydrogen) atoms. The van der Waals surface area contributed by atoms with Crippen LogP contribution in [0.4, 0.5) is 5.82 Å². The number of anilines is 1. The van der Waals surface area contributed by atoms with Crippen LogP contribution in [0.1, 0.15) is 37.4 Å². The summed E-state index contributed by atoms with van der Waals surface area (Å²) in [6.45, 7) is 1.87. The van der Waals surface area contributed by atoms with Crippen molar-refractivity contribution >= 4 is 22.8 Å². The molecule has 1 aliphatic heterocycles. The third-order valence-corrected chi connectivity index (χ3v) is 5.08. The van der Waals surface area contributed by atoms with Gasteiger partial charge < -0.3 is 20.3 Å². The number of aliphatic hydroxyl groups excluding tert-OH is 2. The maximum atomic E-state index is 12.3. The number of benzene rings is 1. The molecule has 0 bridgehead atoms. The number of ketones is 1. The molecule has 160 valence electrons. The van der Waals surface area contributed by atoms with Crippen molar-refractivity contribution in [3.63, 3.8) is 0 Å². The van der Waals surface area contributed by atoms with E-state index in [4.69, 9.17) is 4.74 Å². The Morgan fingerprint density at radius 1 is 1.19 bits per heavy atom. The molecule has 2 aromatic heterocycles. The average molecular weight is 421 g/mol. The van der Waals surface area contributed by atoms with Crippen molar-refractivity contribution in [3.05, 3.63) is 48.0 Å². The molecule has 1 fully saturated rings. The summed E-state index contributed by atoms with van der Waals surface area (Å²) in [5, 5.41) is 23.9. The van der Waals surface area contributed by atoms with Crippen LogP contribution in [-0.4, -0.2) is 60.9 Å². The van der Waals surface area contributed by atoms with E-state index in [0.29, 0.717) is 23.4 Å². The number of rotatable bonds is 5. The second-order valence-electron chi connectivity index (χ2n) is 7.23. The Morgan fingerprint density at radius 3 is 2.68 bits per heavy atom. The first kappa shape index (κ1) is 20.9. The van der Waals surface area contributed by atoms with E-state index in [1.165, 1.54) is 10.9 Å². The molecule has 0 saturated carbocycles. The summed E-state index contributed by atoms with van der Waals surface area (Å²) in [4.78, 5) is 25.5. The van der Waals surface area contributed by atoms with Crippen LogP contribution in [0.2, 0.25) is 0 Å². The molecule has 9 nitrogen and oxygen atoms in total. The molecule has 0 radical (unpaired) electrons. The van der Waals surface area contributed by atoms with Crippen molar-refractivity contribution in [1.82, 2.24) is 19.5 Å². The number of fused-ring (bicyclic) bond motifs is 1. The van der Waals surface area contributed by atoms with Gasteiger partial charge in [0.25, 0.3) is 0 Å². The molecule has 0 aliphatic carbocycles. The van der Waals surface area contributed by atoms with Gasteiger partial charge >= 0.3 is 0 Å².